The van der Waals surface area contributed by atoms with E-state index in [9.17, 15) is 4.79 Å². The van der Waals surface area contributed by atoms with Gasteiger partial charge in [0, 0.05) is 37.9 Å². The number of hydrogen-bond acceptors (Lipinski definition) is 4. The van der Waals surface area contributed by atoms with Crippen molar-refractivity contribution in [3.05, 3.63) is 95.6 Å². The standard InChI is InChI=1S/C24H28N4O/c1-24(2,3)21-6-4-20(5-7-21)22(27-16-18-8-12-25-13-9-18)23(29)28-17-19-10-14-26-15-11-19/h4-15,22,27H,16-17H2,1-3H3,(H,28,29). The summed E-state index contributed by atoms with van der Waals surface area (Å²) in [5.74, 6) is -0.0561. The maximum Gasteiger partial charge on any atom is 0.242 e. The summed E-state index contributed by atoms with van der Waals surface area (Å²) in [6, 6.07) is 15.5. The van der Waals surface area contributed by atoms with Crippen LogP contribution in [0.3, 0.4) is 0 Å². The molecule has 29 heavy (non-hydrogen) atoms. The second-order valence-electron chi connectivity index (χ2n) is 8.11. The molecule has 1 atom stereocenters. The van der Waals surface area contributed by atoms with E-state index >= 15 is 0 Å². The number of carbonyl (C=O) groups is 1. The van der Waals surface area contributed by atoms with E-state index in [2.05, 4.69) is 53.5 Å². The van der Waals surface area contributed by atoms with E-state index in [1.165, 1.54) is 5.56 Å². The molecule has 5 heteroatoms. The van der Waals surface area contributed by atoms with Gasteiger partial charge in [-0.1, -0.05) is 45.0 Å². The van der Waals surface area contributed by atoms with Crippen molar-refractivity contribution in [2.45, 2.75) is 45.3 Å². The second-order valence-corrected chi connectivity index (χ2v) is 8.11. The Bertz CT molecular complexity index is 903. The Labute approximate surface area is 172 Å². The Kier molecular flexibility index (Phi) is 6.73. The number of nitrogens with zero attached hydrogens (tertiary/aromatic N) is 2. The Balaban J connectivity index is 1.75. The van der Waals surface area contributed by atoms with Crippen LogP contribution in [0.5, 0.6) is 0 Å². The van der Waals surface area contributed by atoms with E-state index in [4.69, 9.17) is 0 Å². The van der Waals surface area contributed by atoms with Crippen LogP contribution < -0.4 is 10.6 Å². The van der Waals surface area contributed by atoms with Crippen molar-refractivity contribution in [3.63, 3.8) is 0 Å². The molecule has 2 aromatic heterocycles. The first kappa shape index (κ1) is 20.7. The third-order valence-corrected chi connectivity index (χ3v) is 4.85. The highest BCUT2D eigenvalue weighted by Gasteiger charge is 2.21. The van der Waals surface area contributed by atoms with Gasteiger partial charge in [0.15, 0.2) is 0 Å². The Morgan fingerprint density at radius 2 is 1.34 bits per heavy atom. The second kappa shape index (κ2) is 9.43. The predicted octanol–water partition coefficient (Wildman–Crippen LogP) is 3.92. The zero-order valence-electron chi connectivity index (χ0n) is 17.2. The van der Waals surface area contributed by atoms with Crippen LogP contribution in [-0.4, -0.2) is 15.9 Å². The number of amides is 1. The number of carbonyl (C=O) groups excluding carboxylic acids is 1. The largest absolute Gasteiger partial charge is 0.350 e. The maximum absolute atomic E-state index is 13.0. The summed E-state index contributed by atoms with van der Waals surface area (Å²) in [5.41, 5.74) is 4.36. The molecule has 1 amide bonds. The van der Waals surface area contributed by atoms with Crippen LogP contribution in [0.4, 0.5) is 0 Å². The van der Waals surface area contributed by atoms with Gasteiger partial charge in [-0.15, -0.1) is 0 Å². The molecule has 0 saturated heterocycles. The molecule has 0 fully saturated rings. The van der Waals surface area contributed by atoms with Crippen molar-refractivity contribution in [1.82, 2.24) is 20.6 Å². The van der Waals surface area contributed by atoms with E-state index < -0.39 is 6.04 Å². The van der Waals surface area contributed by atoms with Crippen LogP contribution in [0.15, 0.2) is 73.3 Å². The van der Waals surface area contributed by atoms with Crippen molar-refractivity contribution in [3.8, 4) is 0 Å². The third kappa shape index (κ3) is 5.96. The number of aromatic nitrogens is 2. The summed E-state index contributed by atoms with van der Waals surface area (Å²) in [6.45, 7) is 7.60. The first-order valence-corrected chi connectivity index (χ1v) is 9.83. The quantitative estimate of drug-likeness (QED) is 0.644. The van der Waals surface area contributed by atoms with E-state index in [1.807, 2.05) is 36.4 Å². The first-order chi connectivity index (χ1) is 13.9. The van der Waals surface area contributed by atoms with Gasteiger partial charge < -0.3 is 5.32 Å². The van der Waals surface area contributed by atoms with Crippen molar-refractivity contribution in [1.29, 1.82) is 0 Å². The normalized spacial score (nSPS) is 12.4. The number of rotatable bonds is 7. The monoisotopic (exact) mass is 388 g/mol. The molecule has 0 saturated carbocycles. The summed E-state index contributed by atoms with van der Waals surface area (Å²) >= 11 is 0. The van der Waals surface area contributed by atoms with Crippen LogP contribution in [0.25, 0.3) is 0 Å². The average Bonchev–Trinajstić information content (AvgIpc) is 2.73. The molecule has 150 valence electrons. The lowest BCUT2D eigenvalue weighted by Gasteiger charge is -2.22. The highest BCUT2D eigenvalue weighted by molar-refractivity contribution is 5.83. The zero-order valence-corrected chi connectivity index (χ0v) is 17.2. The van der Waals surface area contributed by atoms with Gasteiger partial charge >= 0.3 is 0 Å². The number of nitrogens with one attached hydrogen (secondary N) is 2. The minimum absolute atomic E-state index is 0.0561. The van der Waals surface area contributed by atoms with Crippen molar-refractivity contribution < 1.29 is 4.79 Å². The van der Waals surface area contributed by atoms with Gasteiger partial charge in [0.2, 0.25) is 5.91 Å². The summed E-state index contributed by atoms with van der Waals surface area (Å²) in [4.78, 5) is 21.1. The van der Waals surface area contributed by atoms with Crippen LogP contribution in [-0.2, 0) is 23.3 Å². The summed E-state index contributed by atoms with van der Waals surface area (Å²) in [5, 5.41) is 6.43. The van der Waals surface area contributed by atoms with E-state index in [1.54, 1.807) is 24.8 Å². The van der Waals surface area contributed by atoms with Gasteiger partial charge in [0.1, 0.15) is 6.04 Å². The van der Waals surface area contributed by atoms with Crippen LogP contribution in [0.1, 0.15) is 49.1 Å². The smallest absolute Gasteiger partial charge is 0.242 e. The van der Waals surface area contributed by atoms with Crippen molar-refractivity contribution in [2.75, 3.05) is 0 Å². The Morgan fingerprint density at radius 1 is 0.828 bits per heavy atom. The lowest BCUT2D eigenvalue weighted by molar-refractivity contribution is -0.123. The van der Waals surface area contributed by atoms with Gasteiger partial charge in [0.25, 0.3) is 0 Å². The van der Waals surface area contributed by atoms with Gasteiger partial charge in [-0.05, 0) is 51.9 Å². The maximum atomic E-state index is 13.0. The first-order valence-electron chi connectivity index (χ1n) is 9.83. The topological polar surface area (TPSA) is 66.9 Å². The minimum atomic E-state index is -0.445. The molecular weight excluding hydrogens is 360 g/mol. The summed E-state index contributed by atoms with van der Waals surface area (Å²) in [7, 11) is 0. The lowest BCUT2D eigenvalue weighted by atomic mass is 9.86. The van der Waals surface area contributed by atoms with E-state index in [-0.39, 0.29) is 11.3 Å². The van der Waals surface area contributed by atoms with E-state index in [0.717, 1.165) is 16.7 Å². The highest BCUT2D eigenvalue weighted by atomic mass is 16.2. The molecule has 1 unspecified atom stereocenters. The molecule has 0 aliphatic carbocycles. The van der Waals surface area contributed by atoms with Gasteiger partial charge in [-0.25, -0.2) is 0 Å². The fraction of sp³-hybridized carbons (Fsp3) is 0.292. The molecule has 0 bridgehead atoms. The zero-order chi connectivity index (χ0) is 20.7. The summed E-state index contributed by atoms with van der Waals surface area (Å²) < 4.78 is 0. The summed E-state index contributed by atoms with van der Waals surface area (Å²) in [6.07, 6.45) is 6.97. The van der Waals surface area contributed by atoms with Gasteiger partial charge in [-0.3, -0.25) is 20.1 Å². The van der Waals surface area contributed by atoms with E-state index in [0.29, 0.717) is 13.1 Å². The number of benzene rings is 1. The fourth-order valence-corrected chi connectivity index (χ4v) is 3.05. The Hall–Kier alpha value is -3.05. The fourth-order valence-electron chi connectivity index (χ4n) is 3.05. The van der Waals surface area contributed by atoms with Crippen LogP contribution >= 0.6 is 0 Å². The molecule has 0 radical (unpaired) electrons. The molecule has 1 aromatic carbocycles. The molecule has 3 aromatic rings. The molecule has 2 N–H and O–H groups in total. The molecule has 2 heterocycles. The molecule has 0 aliphatic rings. The van der Waals surface area contributed by atoms with Crippen molar-refractivity contribution in [2.24, 2.45) is 0 Å². The van der Waals surface area contributed by atoms with Gasteiger partial charge in [0.05, 0.1) is 0 Å². The number of pyridine rings is 2. The SMILES string of the molecule is CC(C)(C)c1ccc(C(NCc2ccncc2)C(=O)NCc2ccncc2)cc1. The predicted molar refractivity (Wildman–Crippen MR) is 115 cm³/mol. The van der Waals surface area contributed by atoms with Gasteiger partial charge in [-0.2, -0.15) is 0 Å². The molecule has 3 rings (SSSR count). The van der Waals surface area contributed by atoms with Crippen LogP contribution in [0.2, 0.25) is 0 Å². The Morgan fingerprint density at radius 3 is 1.86 bits per heavy atom. The molecular formula is C24H28N4O. The minimum Gasteiger partial charge on any atom is -0.350 e. The molecule has 5 nitrogen and oxygen atoms in total. The highest BCUT2D eigenvalue weighted by Crippen LogP contribution is 2.24. The van der Waals surface area contributed by atoms with Crippen LogP contribution in [0, 0.1) is 0 Å². The number of hydrogen-bond donors (Lipinski definition) is 2. The van der Waals surface area contributed by atoms with Crippen molar-refractivity contribution >= 4 is 5.91 Å². The lowest BCUT2D eigenvalue weighted by Crippen LogP contribution is -2.37. The molecule has 0 aliphatic heterocycles. The molecule has 0 spiro atoms. The average molecular weight is 389 g/mol. The third-order valence-electron chi connectivity index (χ3n) is 4.85.